The third-order valence-electron chi connectivity index (χ3n) is 16.1. The molecule has 0 radical (unpaired) electrons. The van der Waals surface area contributed by atoms with Crippen molar-refractivity contribution >= 4 is 69.4 Å². The second-order valence-electron chi connectivity index (χ2n) is 19.1. The van der Waals surface area contributed by atoms with E-state index in [0.29, 0.717) is 53.3 Å². The first kappa shape index (κ1) is 45.9. The first-order valence-corrected chi connectivity index (χ1v) is 23.7. The molecule has 3 aromatic heterocycles. The van der Waals surface area contributed by atoms with Crippen molar-refractivity contribution in [1.82, 2.24) is 0 Å². The van der Waals surface area contributed by atoms with E-state index in [2.05, 4.69) is 14.1 Å². The van der Waals surface area contributed by atoms with E-state index in [1.54, 1.807) is 24.3 Å². The number of morpholine rings is 1. The quantitative estimate of drug-likeness (QED) is 0.145. The summed E-state index contributed by atoms with van der Waals surface area (Å²) >= 11 is 16.3. The zero-order chi connectivity index (χ0) is 43.5. The van der Waals surface area contributed by atoms with E-state index >= 15 is 0 Å². The van der Waals surface area contributed by atoms with Gasteiger partial charge < -0.3 is 50.3 Å². The number of carbonyl (C=O) groups excluding carboxylic acids is 4. The van der Waals surface area contributed by atoms with Gasteiger partial charge in [-0.25, -0.2) is 9.59 Å². The highest BCUT2D eigenvalue weighted by Gasteiger charge is 2.76. The summed E-state index contributed by atoms with van der Waals surface area (Å²) in [6, 6.07) is 11.1. The number of aliphatic hydroxyl groups is 2. The van der Waals surface area contributed by atoms with Crippen LogP contribution < -0.4 is 17.0 Å². The van der Waals surface area contributed by atoms with Gasteiger partial charge in [0.1, 0.15) is 30.4 Å². The molecule has 13 atom stereocenters. The second-order valence-corrected chi connectivity index (χ2v) is 21.8. The molecule has 11 nitrogen and oxygen atoms in total. The molecule has 2 N–H and O–H groups in total. The molecule has 7 aliphatic rings. The lowest BCUT2D eigenvalue weighted by Crippen LogP contribution is -3.00. The summed E-state index contributed by atoms with van der Waals surface area (Å²) in [4.78, 5) is 52.0. The molecule has 0 aromatic carbocycles. The number of epoxide rings is 1. The molecule has 334 valence electrons. The molecule has 3 saturated heterocycles. The van der Waals surface area contributed by atoms with Gasteiger partial charge in [0.15, 0.2) is 17.2 Å². The number of hydrogen-bond donors (Lipinski definition) is 2. The first-order valence-electron chi connectivity index (χ1n) is 21.1. The minimum absolute atomic E-state index is 0. The molecule has 1 unspecified atom stereocenters. The number of aliphatic hydroxyl groups excluding tert-OH is 1. The van der Waals surface area contributed by atoms with Crippen LogP contribution in [0, 0.1) is 28.6 Å². The fraction of sp³-hybridized carbons (Fsp3) is 0.565. The van der Waals surface area contributed by atoms with Gasteiger partial charge in [0.2, 0.25) is 11.4 Å². The molecule has 3 aliphatic heterocycles. The van der Waals surface area contributed by atoms with Crippen molar-refractivity contribution in [1.29, 1.82) is 0 Å². The first-order chi connectivity index (χ1) is 28.9. The molecule has 6 fully saturated rings. The Kier molecular flexibility index (Phi) is 11.9. The molecule has 62 heavy (non-hydrogen) atoms. The van der Waals surface area contributed by atoms with E-state index in [4.69, 9.17) is 41.8 Å². The summed E-state index contributed by atoms with van der Waals surface area (Å²) in [5.74, 6) is -2.68. The second kappa shape index (κ2) is 16.0. The van der Waals surface area contributed by atoms with E-state index in [0.717, 1.165) is 22.9 Å². The summed E-state index contributed by atoms with van der Waals surface area (Å²) in [5.41, 5.74) is -3.92. The van der Waals surface area contributed by atoms with Crippen molar-refractivity contribution < 1.29 is 69.5 Å². The molecule has 2 bridgehead atoms. The summed E-state index contributed by atoms with van der Waals surface area (Å²) in [7, 11) is 4.49. The number of esters is 2. The number of ketones is 2. The van der Waals surface area contributed by atoms with Gasteiger partial charge in [-0.1, -0.05) is 44.6 Å². The van der Waals surface area contributed by atoms with Gasteiger partial charge in [-0.2, -0.15) is 0 Å². The largest absolute Gasteiger partial charge is 1.00 e. The molecular formula is C46H52BrCl2NO10S2. The number of fused-ring (bicyclic) bond motifs is 10. The number of carbonyl (C=O) groups is 4. The summed E-state index contributed by atoms with van der Waals surface area (Å²) in [5, 5.41) is 26.9. The van der Waals surface area contributed by atoms with Crippen LogP contribution in [0.15, 0.2) is 81.6 Å². The smallest absolute Gasteiger partial charge is 0.375 e. The van der Waals surface area contributed by atoms with E-state index in [9.17, 15) is 29.4 Å². The van der Waals surface area contributed by atoms with Crippen LogP contribution in [-0.4, -0.2) is 105 Å². The highest BCUT2D eigenvalue weighted by Crippen LogP contribution is 2.72. The fourth-order valence-electron chi connectivity index (χ4n) is 12.9. The average molecular weight is 994 g/mol. The number of alkyl halides is 2. The number of piperidine rings is 1. The van der Waals surface area contributed by atoms with Crippen LogP contribution in [-0.2, 0) is 34.2 Å². The van der Waals surface area contributed by atoms with Crippen LogP contribution in [0.25, 0.3) is 0 Å². The maximum atomic E-state index is 13.6. The van der Waals surface area contributed by atoms with Crippen molar-refractivity contribution in [2.24, 2.45) is 28.6 Å². The molecular weight excluding hydrogens is 941 g/mol. The maximum absolute atomic E-state index is 13.6. The summed E-state index contributed by atoms with van der Waals surface area (Å²) in [6.07, 6.45) is 9.49. The highest BCUT2D eigenvalue weighted by molar-refractivity contribution is 7.12. The minimum atomic E-state index is -1.72. The number of ether oxygens (including phenoxy) is 3. The number of halogens is 3. The fourth-order valence-corrected chi connectivity index (χ4v) is 15.4. The Bertz CT molecular complexity index is 2230. The lowest BCUT2D eigenvalue weighted by atomic mass is 9.45. The predicted molar refractivity (Wildman–Crippen MR) is 229 cm³/mol. The topological polar surface area (TPSA) is 153 Å². The van der Waals surface area contributed by atoms with Gasteiger partial charge in [0, 0.05) is 29.6 Å². The van der Waals surface area contributed by atoms with Crippen molar-refractivity contribution in [3.05, 3.63) is 92.7 Å². The van der Waals surface area contributed by atoms with Crippen LogP contribution in [0.4, 0.5) is 0 Å². The van der Waals surface area contributed by atoms with Crippen LogP contribution in [0.5, 0.6) is 0 Å². The van der Waals surface area contributed by atoms with Crippen LogP contribution in [0.2, 0.25) is 0 Å². The normalized spacial score (nSPS) is 39.3. The summed E-state index contributed by atoms with van der Waals surface area (Å²) < 4.78 is 24.0. The van der Waals surface area contributed by atoms with Gasteiger partial charge in [-0.3, -0.25) is 9.59 Å². The monoisotopic (exact) mass is 991 g/mol. The Balaban J connectivity index is 0.000000175. The standard InChI is InChI=1S/C27H30Cl2O6.C19H22NO4S2.BrH/c1-15-11-19-18-7-6-16-12-17(30)8-9-24(16,2)26(18,29)21(31)13-25(19,3)27(15,22(32)14-28)35-23(33)20-5-4-10-34-20;1-20(2)12-9-11(10-13(20)17-16(12)24-17)23-18(21)19(22,14-5-3-7-25-14)15-6-4-8-26-15;/h4-5,8-10,12,15,18-19,21,31H,6-7,11,13-14H2,1-3H3;3-8,11-13,16-17,22H,9-10H2,1-2H3;1H/q;+1;/p-1/t15-,18+,19+,21+,24+,25+,26+,27+;11?,12-,13+,16-,17+;/m1../s1. The van der Waals surface area contributed by atoms with Crippen molar-refractivity contribution in [2.45, 2.75) is 112 Å². The van der Waals surface area contributed by atoms with Crippen molar-refractivity contribution in [2.75, 3.05) is 20.0 Å². The highest BCUT2D eigenvalue weighted by atomic mass is 79.9. The number of furan rings is 1. The van der Waals surface area contributed by atoms with Gasteiger partial charge in [-0.05, 0) is 84.7 Å². The molecule has 6 heterocycles. The van der Waals surface area contributed by atoms with Crippen LogP contribution in [0.3, 0.4) is 0 Å². The minimum Gasteiger partial charge on any atom is -1.00 e. The van der Waals surface area contributed by atoms with E-state index in [1.165, 1.54) is 41.1 Å². The zero-order valence-electron chi connectivity index (χ0n) is 35.1. The number of allylic oxidation sites excluding steroid dienone is 4. The number of nitrogens with zero attached hydrogens (tertiary/aromatic N) is 1. The zero-order valence-corrected chi connectivity index (χ0v) is 39.9. The van der Waals surface area contributed by atoms with Crippen molar-refractivity contribution in [3.8, 4) is 0 Å². The van der Waals surface area contributed by atoms with E-state index in [1.807, 2.05) is 49.7 Å². The number of likely N-dealkylation sites (N-methyl/N-ethyl adjacent to an activating group) is 1. The van der Waals surface area contributed by atoms with Gasteiger partial charge in [-0.15, -0.1) is 45.9 Å². The van der Waals surface area contributed by atoms with Gasteiger partial charge in [0.25, 0.3) is 0 Å². The van der Waals surface area contributed by atoms with E-state index < -0.39 is 44.9 Å². The molecule has 10 rings (SSSR count). The molecule has 16 heteroatoms. The Labute approximate surface area is 389 Å². The van der Waals surface area contributed by atoms with Crippen LogP contribution >= 0.6 is 45.9 Å². The number of Topliss-reactive ketones (excluding diaryl/α,β-unsaturated/α-hetero) is 1. The van der Waals surface area contributed by atoms with Gasteiger partial charge in [0.05, 0.1) is 47.0 Å². The lowest BCUT2D eigenvalue weighted by molar-refractivity contribution is -0.938. The van der Waals surface area contributed by atoms with Gasteiger partial charge >= 0.3 is 11.9 Å². The molecule has 0 spiro atoms. The molecule has 3 aromatic rings. The summed E-state index contributed by atoms with van der Waals surface area (Å²) in [6.45, 7) is 5.81. The van der Waals surface area contributed by atoms with Crippen molar-refractivity contribution in [3.63, 3.8) is 0 Å². The average Bonchev–Trinajstić information content (AvgIpc) is 3.81. The number of thiophene rings is 2. The number of hydrogen-bond acceptors (Lipinski definition) is 12. The SMILES string of the molecule is C[C@@H]1C[C@H]2[C@@H]3CCC4=CC(=O)C=C[C@]4(C)[C@@]3(Cl)[C@@H](O)C[C@]2(C)[C@@]1(OC(=O)c1ccco1)C(=O)CCl.C[N+]1(C)[C@@H]2CC(OC(=O)C(O)(c3cccs3)c3cccs3)C[C@H]1[C@@H]1O[C@@H]12.[Br-]. The molecule has 0 amide bonds. The number of rotatable bonds is 8. The molecule has 4 aliphatic carbocycles. The Hall–Kier alpha value is -2.66. The molecule has 3 saturated carbocycles. The Morgan fingerprint density at radius 1 is 1.00 bits per heavy atom. The maximum Gasteiger partial charge on any atom is 0.375 e. The van der Waals surface area contributed by atoms with E-state index in [-0.39, 0.29) is 70.5 Å². The predicted octanol–water partition coefficient (Wildman–Crippen LogP) is 4.22. The lowest BCUT2D eigenvalue weighted by Gasteiger charge is -2.64. The third-order valence-corrected chi connectivity index (χ3v) is 19.2. The number of quaternary nitrogens is 1. The Morgan fingerprint density at radius 2 is 1.65 bits per heavy atom. The third kappa shape index (κ3) is 6.50. The Morgan fingerprint density at radius 3 is 2.21 bits per heavy atom. The van der Waals surface area contributed by atoms with Crippen LogP contribution in [0.1, 0.15) is 79.6 Å².